The fraction of sp³-hybridized carbons (Fsp3) is 0.208. The summed E-state index contributed by atoms with van der Waals surface area (Å²) in [5.41, 5.74) is 6.66. The van der Waals surface area contributed by atoms with Crippen LogP contribution in [0.5, 0.6) is 0 Å². The molecule has 4 aromatic rings. The molecule has 0 radical (unpaired) electrons. The molecule has 0 aliphatic carbocycles. The zero-order valence-electron chi connectivity index (χ0n) is 19.3. The Bertz CT molecular complexity index is 1490. The third kappa shape index (κ3) is 5.56. The van der Waals surface area contributed by atoms with Crippen molar-refractivity contribution in [2.45, 2.75) is 24.7 Å². The maximum atomic E-state index is 13.7. The molecule has 2 aromatic carbocycles. The number of fused-ring (bicyclic) bond motifs is 1. The van der Waals surface area contributed by atoms with Crippen LogP contribution in [0.1, 0.15) is 19.8 Å². The zero-order chi connectivity index (χ0) is 25.9. The van der Waals surface area contributed by atoms with Crippen molar-refractivity contribution in [1.29, 1.82) is 0 Å². The summed E-state index contributed by atoms with van der Waals surface area (Å²) >= 11 is 12.1. The Morgan fingerprint density at radius 2 is 1.81 bits per heavy atom. The van der Waals surface area contributed by atoms with E-state index in [0.29, 0.717) is 18.1 Å². The predicted molar refractivity (Wildman–Crippen MR) is 140 cm³/mol. The molecule has 0 aliphatic rings. The van der Waals surface area contributed by atoms with Crippen molar-refractivity contribution in [1.82, 2.24) is 14.8 Å². The number of sulfonamides is 1. The summed E-state index contributed by atoms with van der Waals surface area (Å²) < 4.78 is 35.4. The summed E-state index contributed by atoms with van der Waals surface area (Å²) in [6, 6.07) is 14.2. The molecule has 188 valence electrons. The van der Waals surface area contributed by atoms with Crippen LogP contribution in [0.3, 0.4) is 0 Å². The van der Waals surface area contributed by atoms with Crippen LogP contribution in [0.2, 0.25) is 10.0 Å². The summed E-state index contributed by atoms with van der Waals surface area (Å²) in [6.07, 6.45) is 3.29. The summed E-state index contributed by atoms with van der Waals surface area (Å²) in [4.78, 5) is 12.4. The molecule has 2 aromatic heterocycles. The number of aromatic nitrogens is 3. The van der Waals surface area contributed by atoms with Crippen LogP contribution in [0.4, 0.5) is 11.5 Å². The van der Waals surface area contributed by atoms with Gasteiger partial charge in [-0.15, -0.1) is 10.2 Å². The number of esters is 1. The number of carbonyl (C=O) groups excluding carboxylic acids is 1. The Balaban J connectivity index is 1.76. The lowest BCUT2D eigenvalue weighted by Crippen LogP contribution is -2.36. The number of halogens is 2. The number of carbonyl (C=O) groups is 1. The first-order valence-electron chi connectivity index (χ1n) is 11.0. The molecule has 0 saturated heterocycles. The minimum atomic E-state index is -4.22. The van der Waals surface area contributed by atoms with Gasteiger partial charge >= 0.3 is 5.97 Å². The van der Waals surface area contributed by atoms with Gasteiger partial charge in [0, 0.05) is 21.6 Å². The molecule has 36 heavy (non-hydrogen) atoms. The molecule has 0 saturated carbocycles. The van der Waals surface area contributed by atoms with Gasteiger partial charge in [-0.25, -0.2) is 8.42 Å². The van der Waals surface area contributed by atoms with Crippen LogP contribution >= 0.6 is 23.2 Å². The van der Waals surface area contributed by atoms with E-state index in [1.165, 1.54) is 18.2 Å². The number of nitrogens with zero attached hydrogens (tertiary/aromatic N) is 4. The summed E-state index contributed by atoms with van der Waals surface area (Å²) in [5, 5.41) is 9.00. The van der Waals surface area contributed by atoms with Gasteiger partial charge in [-0.1, -0.05) is 36.5 Å². The van der Waals surface area contributed by atoms with Crippen molar-refractivity contribution in [3.8, 4) is 5.82 Å². The van der Waals surface area contributed by atoms with E-state index in [4.69, 9.17) is 33.7 Å². The summed E-state index contributed by atoms with van der Waals surface area (Å²) in [7, 11) is -4.22. The average molecular weight is 548 g/mol. The minimum Gasteiger partial charge on any atom is -0.464 e. The summed E-state index contributed by atoms with van der Waals surface area (Å²) in [5.74, 6) is 0.171. The highest BCUT2D eigenvalue weighted by Crippen LogP contribution is 2.31. The maximum absolute atomic E-state index is 13.7. The molecular formula is C24H23Cl2N5O4S. The average Bonchev–Trinajstić information content (AvgIpc) is 3.26. The van der Waals surface area contributed by atoms with E-state index in [9.17, 15) is 13.2 Å². The van der Waals surface area contributed by atoms with E-state index in [-0.39, 0.29) is 27.2 Å². The monoisotopic (exact) mass is 547 g/mol. The van der Waals surface area contributed by atoms with Gasteiger partial charge < -0.3 is 10.5 Å². The zero-order valence-corrected chi connectivity index (χ0v) is 21.6. The molecule has 0 amide bonds. The first-order chi connectivity index (χ1) is 17.2. The van der Waals surface area contributed by atoms with Crippen molar-refractivity contribution in [2.24, 2.45) is 0 Å². The highest BCUT2D eigenvalue weighted by Gasteiger charge is 2.29. The van der Waals surface area contributed by atoms with Gasteiger partial charge in [0.25, 0.3) is 10.0 Å². The van der Waals surface area contributed by atoms with Gasteiger partial charge in [0.15, 0.2) is 5.82 Å². The van der Waals surface area contributed by atoms with E-state index in [2.05, 4.69) is 10.2 Å². The van der Waals surface area contributed by atoms with Crippen LogP contribution in [0.15, 0.2) is 65.7 Å². The molecule has 0 fully saturated rings. The van der Waals surface area contributed by atoms with Crippen LogP contribution in [0, 0.1) is 0 Å². The van der Waals surface area contributed by atoms with Gasteiger partial charge in [0.1, 0.15) is 12.4 Å². The number of benzene rings is 2. The molecule has 9 nitrogen and oxygen atoms in total. The molecule has 0 bridgehead atoms. The topological polar surface area (TPSA) is 120 Å². The Kier molecular flexibility index (Phi) is 7.67. The number of nitrogens with two attached hydrogens (primary N) is 1. The number of nitrogen functional groups attached to an aromatic ring is 1. The van der Waals surface area contributed by atoms with E-state index < -0.39 is 22.5 Å². The second-order valence-electron chi connectivity index (χ2n) is 7.94. The second kappa shape index (κ2) is 10.7. The number of ether oxygens (including phenoxy) is 1. The number of unbranched alkanes of at least 4 members (excludes halogenated alkanes) is 1. The Morgan fingerprint density at radius 1 is 1.06 bits per heavy atom. The number of hydrogen-bond donors (Lipinski definition) is 1. The second-order valence-corrected chi connectivity index (χ2v) is 10.7. The lowest BCUT2D eigenvalue weighted by atomic mass is 10.2. The third-order valence-electron chi connectivity index (χ3n) is 5.34. The molecule has 12 heteroatoms. The molecule has 2 heterocycles. The van der Waals surface area contributed by atoms with E-state index in [1.54, 1.807) is 47.2 Å². The normalized spacial score (nSPS) is 11.5. The fourth-order valence-electron chi connectivity index (χ4n) is 3.56. The van der Waals surface area contributed by atoms with Gasteiger partial charge in [-0.2, -0.15) is 0 Å². The SMILES string of the molecule is CCCCOC(=O)CN(c1ccc2c(ccn2-c2ccc(N)nn2)c1)S(=O)(=O)c1cc(Cl)cc(Cl)c1. The minimum absolute atomic E-state index is 0.142. The van der Waals surface area contributed by atoms with Crippen molar-refractivity contribution in [3.63, 3.8) is 0 Å². The maximum Gasteiger partial charge on any atom is 0.326 e. The molecule has 2 N–H and O–H groups in total. The summed E-state index contributed by atoms with van der Waals surface area (Å²) in [6.45, 7) is 1.65. The van der Waals surface area contributed by atoms with Crippen LogP contribution < -0.4 is 10.0 Å². The largest absolute Gasteiger partial charge is 0.464 e. The van der Waals surface area contributed by atoms with Gasteiger partial charge in [-0.05, 0) is 61.0 Å². The van der Waals surface area contributed by atoms with Crippen LogP contribution in [-0.4, -0.2) is 42.3 Å². The van der Waals surface area contributed by atoms with Crippen molar-refractivity contribution in [2.75, 3.05) is 23.2 Å². The van der Waals surface area contributed by atoms with E-state index >= 15 is 0 Å². The standard InChI is InChI=1S/C24H23Cl2N5O4S/c1-2-3-10-35-24(32)15-31(36(33,34)20-13-17(25)12-18(26)14-20)19-4-5-21-16(11-19)8-9-30(21)23-7-6-22(27)28-29-23/h4-9,11-14H,2-3,10,15H2,1H3,(H2,27,28). The van der Waals surface area contributed by atoms with Crippen molar-refractivity contribution < 1.29 is 17.9 Å². The van der Waals surface area contributed by atoms with Crippen molar-refractivity contribution >= 4 is 61.6 Å². The number of anilines is 2. The number of rotatable bonds is 9. The molecular weight excluding hydrogens is 525 g/mol. The molecule has 0 unspecified atom stereocenters. The van der Waals surface area contributed by atoms with Crippen LogP contribution in [0.25, 0.3) is 16.7 Å². The lowest BCUT2D eigenvalue weighted by Gasteiger charge is -2.24. The quantitative estimate of drug-likeness (QED) is 0.235. The Morgan fingerprint density at radius 3 is 2.47 bits per heavy atom. The molecule has 0 aliphatic heterocycles. The first-order valence-corrected chi connectivity index (χ1v) is 13.2. The van der Waals surface area contributed by atoms with Gasteiger partial charge in [-0.3, -0.25) is 13.7 Å². The molecule has 0 atom stereocenters. The Hall–Kier alpha value is -3.34. The van der Waals surface area contributed by atoms with E-state index in [1.807, 2.05) is 6.92 Å². The fourth-order valence-corrected chi connectivity index (χ4v) is 5.69. The first kappa shape index (κ1) is 25.7. The van der Waals surface area contributed by atoms with Gasteiger partial charge in [0.05, 0.1) is 22.7 Å². The third-order valence-corrected chi connectivity index (χ3v) is 7.53. The highest BCUT2D eigenvalue weighted by atomic mass is 35.5. The van der Waals surface area contributed by atoms with Gasteiger partial charge in [0.2, 0.25) is 0 Å². The van der Waals surface area contributed by atoms with Crippen LogP contribution in [-0.2, 0) is 19.6 Å². The predicted octanol–water partition coefficient (Wildman–Crippen LogP) is 4.85. The molecule has 0 spiro atoms. The highest BCUT2D eigenvalue weighted by molar-refractivity contribution is 7.92. The smallest absolute Gasteiger partial charge is 0.326 e. The van der Waals surface area contributed by atoms with Crippen molar-refractivity contribution in [3.05, 3.63) is 70.8 Å². The molecule has 4 rings (SSSR count). The Labute approximate surface area is 218 Å². The lowest BCUT2D eigenvalue weighted by molar-refractivity contribution is -0.141. The number of hydrogen-bond acceptors (Lipinski definition) is 7. The van der Waals surface area contributed by atoms with E-state index in [0.717, 1.165) is 21.6 Å².